The van der Waals surface area contributed by atoms with Gasteiger partial charge in [-0.25, -0.2) is 24.0 Å². The number of carbonyl (C=O) groups excluding carboxylic acids is 3. The van der Waals surface area contributed by atoms with Crippen LogP contribution in [0.3, 0.4) is 0 Å². The Morgan fingerprint density at radius 1 is 1.15 bits per heavy atom. The predicted octanol–water partition coefficient (Wildman–Crippen LogP) is 2.50. The molecule has 0 spiro atoms. The third kappa shape index (κ3) is 8.81. The van der Waals surface area contributed by atoms with Gasteiger partial charge in [0.1, 0.15) is 24.1 Å². The minimum Gasteiger partial charge on any atom is -0.447 e. The van der Waals surface area contributed by atoms with Gasteiger partial charge >= 0.3 is 6.09 Å². The standard InChI is InChI=1S/C26H28ClF2N5O6/c1-15(36)34(32-11-17-3-2-4-22(29)25(17)27)20(9-24(38)31-12-21(37)13-35)14-40-26(39)33-23-8-18-7-19(28)6-5-16(18)10-30-23/h2-8,10,20-21,32,35,37H,9,11-14H2,1H3,(H,31,38)(H,30,33,39)/t20-,21?/m0/s1. The molecule has 214 valence electrons. The van der Waals surface area contributed by atoms with Crippen LogP contribution in [0.4, 0.5) is 19.4 Å². The van der Waals surface area contributed by atoms with E-state index in [1.165, 1.54) is 49.5 Å². The third-order valence-electron chi connectivity index (χ3n) is 5.66. The lowest BCUT2D eigenvalue weighted by molar-refractivity contribution is -0.138. The first-order valence-electron chi connectivity index (χ1n) is 12.1. The Balaban J connectivity index is 1.71. The highest BCUT2D eigenvalue weighted by Gasteiger charge is 2.26. The number of nitrogens with one attached hydrogen (secondary N) is 3. The Labute approximate surface area is 233 Å². The van der Waals surface area contributed by atoms with E-state index in [9.17, 15) is 28.3 Å². The summed E-state index contributed by atoms with van der Waals surface area (Å²) in [6.45, 7) is -0.171. The van der Waals surface area contributed by atoms with Crippen molar-refractivity contribution >= 4 is 46.1 Å². The molecule has 11 nitrogen and oxygen atoms in total. The Kier molecular flexibility index (Phi) is 11.1. The summed E-state index contributed by atoms with van der Waals surface area (Å²) in [7, 11) is 0. The summed E-state index contributed by atoms with van der Waals surface area (Å²) < 4.78 is 32.7. The summed E-state index contributed by atoms with van der Waals surface area (Å²) >= 11 is 6.00. The lowest BCUT2D eigenvalue weighted by atomic mass is 10.2. The van der Waals surface area contributed by atoms with Crippen molar-refractivity contribution in [3.05, 3.63) is 70.9 Å². The minimum absolute atomic E-state index is 0.0812. The molecule has 5 N–H and O–H groups in total. The first kappa shape index (κ1) is 30.6. The molecule has 1 unspecified atom stereocenters. The van der Waals surface area contributed by atoms with E-state index in [1.54, 1.807) is 6.07 Å². The average Bonchev–Trinajstić information content (AvgIpc) is 2.92. The topological polar surface area (TPSA) is 153 Å². The number of rotatable bonds is 12. The maximum absolute atomic E-state index is 13.8. The van der Waals surface area contributed by atoms with Gasteiger partial charge in [0, 0.05) is 31.6 Å². The molecule has 3 aromatic rings. The second-order valence-electron chi connectivity index (χ2n) is 8.72. The number of pyridine rings is 1. The monoisotopic (exact) mass is 579 g/mol. The van der Waals surface area contributed by atoms with Gasteiger partial charge in [0.05, 0.1) is 30.2 Å². The lowest BCUT2D eigenvalue weighted by Crippen LogP contribution is -2.52. The first-order chi connectivity index (χ1) is 19.1. The predicted molar refractivity (Wildman–Crippen MR) is 142 cm³/mol. The van der Waals surface area contributed by atoms with Crippen LogP contribution in [0.2, 0.25) is 5.02 Å². The van der Waals surface area contributed by atoms with Gasteiger partial charge in [0.15, 0.2) is 0 Å². The molecule has 0 bridgehead atoms. The zero-order valence-electron chi connectivity index (χ0n) is 21.4. The van der Waals surface area contributed by atoms with Crippen molar-refractivity contribution < 1.29 is 38.1 Å². The molecule has 0 aliphatic carbocycles. The van der Waals surface area contributed by atoms with E-state index in [-0.39, 0.29) is 30.4 Å². The van der Waals surface area contributed by atoms with E-state index in [0.717, 1.165) is 5.01 Å². The van der Waals surface area contributed by atoms with Gasteiger partial charge in [-0.15, -0.1) is 0 Å². The molecular weight excluding hydrogens is 552 g/mol. The van der Waals surface area contributed by atoms with Gasteiger partial charge in [-0.1, -0.05) is 23.7 Å². The van der Waals surface area contributed by atoms with Crippen LogP contribution < -0.4 is 16.1 Å². The molecule has 2 atom stereocenters. The van der Waals surface area contributed by atoms with Gasteiger partial charge < -0.3 is 20.3 Å². The molecule has 0 saturated carbocycles. The van der Waals surface area contributed by atoms with Crippen molar-refractivity contribution in [3.63, 3.8) is 0 Å². The Morgan fingerprint density at radius 3 is 2.65 bits per heavy atom. The zero-order chi connectivity index (χ0) is 29.2. The van der Waals surface area contributed by atoms with E-state index >= 15 is 0 Å². The van der Waals surface area contributed by atoms with Gasteiger partial charge in [-0.2, -0.15) is 0 Å². The van der Waals surface area contributed by atoms with Crippen LogP contribution in [0.5, 0.6) is 0 Å². The normalized spacial score (nSPS) is 12.4. The Morgan fingerprint density at radius 2 is 1.93 bits per heavy atom. The first-order valence-corrected chi connectivity index (χ1v) is 12.5. The van der Waals surface area contributed by atoms with Gasteiger partial charge in [0.25, 0.3) is 0 Å². The number of hydrazine groups is 1. The quantitative estimate of drug-likeness (QED) is 0.205. The smallest absolute Gasteiger partial charge is 0.412 e. The van der Waals surface area contributed by atoms with Crippen LogP contribution in [0.15, 0.2) is 48.7 Å². The number of carbonyl (C=O) groups is 3. The van der Waals surface area contributed by atoms with Crippen molar-refractivity contribution in [3.8, 4) is 0 Å². The Hall–Kier alpha value is -3.91. The van der Waals surface area contributed by atoms with E-state index < -0.39 is 54.9 Å². The molecule has 0 radical (unpaired) electrons. The van der Waals surface area contributed by atoms with Crippen molar-refractivity contribution in [1.29, 1.82) is 0 Å². The zero-order valence-corrected chi connectivity index (χ0v) is 22.1. The molecule has 1 aromatic heterocycles. The second kappa shape index (κ2) is 14.5. The molecule has 1 heterocycles. The van der Waals surface area contributed by atoms with E-state index in [4.69, 9.17) is 21.4 Å². The third-order valence-corrected chi connectivity index (χ3v) is 6.09. The maximum atomic E-state index is 13.8. The van der Waals surface area contributed by atoms with E-state index in [2.05, 4.69) is 21.0 Å². The molecular formula is C26H28ClF2N5O6. The molecule has 40 heavy (non-hydrogen) atoms. The fourth-order valence-corrected chi connectivity index (χ4v) is 3.85. The average molecular weight is 580 g/mol. The largest absolute Gasteiger partial charge is 0.447 e. The number of halogens is 3. The molecule has 0 aliphatic rings. The van der Waals surface area contributed by atoms with Gasteiger partial charge in [0.2, 0.25) is 11.8 Å². The summed E-state index contributed by atoms with van der Waals surface area (Å²) in [4.78, 5) is 41.6. The fourth-order valence-electron chi connectivity index (χ4n) is 3.65. The summed E-state index contributed by atoms with van der Waals surface area (Å²) in [6.07, 6.45) is -1.08. The molecule has 3 rings (SSSR count). The molecule has 0 aliphatic heterocycles. The summed E-state index contributed by atoms with van der Waals surface area (Å²) in [5, 5.41) is 25.3. The van der Waals surface area contributed by atoms with E-state index in [1.807, 2.05) is 0 Å². The Bertz CT molecular complexity index is 1360. The van der Waals surface area contributed by atoms with Crippen LogP contribution in [0, 0.1) is 11.6 Å². The van der Waals surface area contributed by atoms with Crippen LogP contribution in [-0.4, -0.2) is 70.0 Å². The van der Waals surface area contributed by atoms with E-state index in [0.29, 0.717) is 16.3 Å². The molecule has 0 fully saturated rings. The minimum atomic E-state index is -1.19. The van der Waals surface area contributed by atoms with Crippen LogP contribution in [-0.2, 0) is 20.9 Å². The van der Waals surface area contributed by atoms with Crippen molar-refractivity contribution in [1.82, 2.24) is 20.7 Å². The van der Waals surface area contributed by atoms with Crippen molar-refractivity contribution in [2.75, 3.05) is 25.1 Å². The number of ether oxygens (including phenoxy) is 1. The summed E-state index contributed by atoms with van der Waals surface area (Å²) in [6, 6.07) is 8.65. The number of anilines is 1. The maximum Gasteiger partial charge on any atom is 0.412 e. The number of nitrogens with zero attached hydrogens (tertiary/aromatic N) is 2. The number of amides is 3. The summed E-state index contributed by atoms with van der Waals surface area (Å²) in [5.41, 5.74) is 3.12. The number of hydrogen-bond acceptors (Lipinski definition) is 8. The van der Waals surface area contributed by atoms with Crippen LogP contribution >= 0.6 is 11.6 Å². The van der Waals surface area contributed by atoms with Crippen molar-refractivity contribution in [2.45, 2.75) is 32.0 Å². The second-order valence-corrected chi connectivity index (χ2v) is 9.10. The molecule has 3 amide bonds. The highest BCUT2D eigenvalue weighted by atomic mass is 35.5. The SMILES string of the molecule is CC(=O)N(NCc1cccc(F)c1Cl)[C@H](COC(=O)Nc1cc2cc(F)ccc2cn1)CC(=O)NCC(O)CO. The molecule has 0 saturated heterocycles. The van der Waals surface area contributed by atoms with Crippen LogP contribution in [0.25, 0.3) is 10.8 Å². The number of aliphatic hydroxyl groups is 2. The summed E-state index contributed by atoms with van der Waals surface area (Å²) in [5.74, 6) is -2.20. The number of fused-ring (bicyclic) bond motifs is 1. The fraction of sp³-hybridized carbons (Fsp3) is 0.308. The highest BCUT2D eigenvalue weighted by molar-refractivity contribution is 6.31. The number of aromatic nitrogens is 1. The van der Waals surface area contributed by atoms with Crippen molar-refractivity contribution in [2.24, 2.45) is 0 Å². The molecule has 14 heteroatoms. The van der Waals surface area contributed by atoms with Gasteiger partial charge in [-0.3, -0.25) is 19.9 Å². The highest BCUT2D eigenvalue weighted by Crippen LogP contribution is 2.20. The number of benzene rings is 2. The van der Waals surface area contributed by atoms with Gasteiger partial charge in [-0.05, 0) is 41.3 Å². The van der Waals surface area contributed by atoms with Crippen LogP contribution in [0.1, 0.15) is 18.9 Å². The number of aliphatic hydroxyl groups excluding tert-OH is 2. The molecule has 2 aromatic carbocycles. The lowest BCUT2D eigenvalue weighted by Gasteiger charge is -2.31. The number of hydrogen-bond donors (Lipinski definition) is 5.